The largest absolute Gasteiger partial charge is 0.344 e. The fourth-order valence-corrected chi connectivity index (χ4v) is 2.30. The Kier molecular flexibility index (Phi) is 3.00. The fraction of sp³-hybridized carbons (Fsp3) is 0.467. The van der Waals surface area contributed by atoms with Crippen molar-refractivity contribution in [2.45, 2.75) is 39.7 Å². The number of nitrogens with two attached hydrogens (primary N) is 1. The van der Waals surface area contributed by atoms with Crippen molar-refractivity contribution in [1.82, 2.24) is 4.57 Å². The number of hydrogen-bond acceptors (Lipinski definition) is 1. The number of benzene rings is 1. The molecule has 2 N–H and O–H groups in total. The number of hydrogen-bond donors (Lipinski definition) is 1. The van der Waals surface area contributed by atoms with Crippen molar-refractivity contribution in [3.63, 3.8) is 0 Å². The minimum absolute atomic E-state index is 0.206. The average Bonchev–Trinajstić information content (AvgIpc) is 2.54. The van der Waals surface area contributed by atoms with Gasteiger partial charge in [-0.2, -0.15) is 0 Å². The van der Waals surface area contributed by atoms with Crippen molar-refractivity contribution >= 4 is 10.9 Å². The van der Waals surface area contributed by atoms with Gasteiger partial charge in [-0.25, -0.2) is 0 Å². The van der Waals surface area contributed by atoms with E-state index in [-0.39, 0.29) is 5.41 Å². The van der Waals surface area contributed by atoms with Crippen LogP contribution in [0.1, 0.15) is 32.0 Å². The predicted molar refractivity (Wildman–Crippen MR) is 74.4 cm³/mol. The third-order valence-corrected chi connectivity index (χ3v) is 3.33. The summed E-state index contributed by atoms with van der Waals surface area (Å²) in [4.78, 5) is 0. The number of rotatable bonds is 2. The van der Waals surface area contributed by atoms with Gasteiger partial charge in [0.25, 0.3) is 0 Å². The fourth-order valence-electron chi connectivity index (χ4n) is 2.30. The highest BCUT2D eigenvalue weighted by Gasteiger charge is 2.15. The average molecular weight is 230 g/mol. The third-order valence-electron chi connectivity index (χ3n) is 3.33. The van der Waals surface area contributed by atoms with E-state index >= 15 is 0 Å². The first-order valence-electron chi connectivity index (χ1n) is 6.24. The standard InChI is InChI=1S/C15H22N2/c1-11-9-12-10-13(15(2,3)4)5-6-14(12)17(11)8-7-16/h5-6,9-10H,7-8,16H2,1-4H3. The highest BCUT2D eigenvalue weighted by molar-refractivity contribution is 5.82. The van der Waals surface area contributed by atoms with Crippen molar-refractivity contribution in [3.05, 3.63) is 35.5 Å². The Balaban J connectivity index is 2.58. The quantitative estimate of drug-likeness (QED) is 0.844. The second kappa shape index (κ2) is 4.19. The summed E-state index contributed by atoms with van der Waals surface area (Å²) in [5, 5.41) is 1.32. The zero-order valence-corrected chi connectivity index (χ0v) is 11.2. The molecule has 0 saturated carbocycles. The lowest BCUT2D eigenvalue weighted by atomic mass is 9.86. The Morgan fingerprint density at radius 1 is 1.18 bits per heavy atom. The highest BCUT2D eigenvalue weighted by Crippen LogP contribution is 2.27. The lowest BCUT2D eigenvalue weighted by Crippen LogP contribution is -2.12. The van der Waals surface area contributed by atoms with E-state index in [1.165, 1.54) is 22.2 Å². The van der Waals surface area contributed by atoms with Gasteiger partial charge in [-0.1, -0.05) is 26.8 Å². The van der Waals surface area contributed by atoms with E-state index < -0.39 is 0 Å². The summed E-state index contributed by atoms with van der Waals surface area (Å²) in [6.45, 7) is 10.5. The number of nitrogens with zero attached hydrogens (tertiary/aromatic N) is 1. The smallest absolute Gasteiger partial charge is 0.0483 e. The molecular weight excluding hydrogens is 208 g/mol. The maximum atomic E-state index is 5.66. The molecule has 2 heteroatoms. The van der Waals surface area contributed by atoms with E-state index in [4.69, 9.17) is 5.73 Å². The van der Waals surface area contributed by atoms with E-state index in [1.807, 2.05) is 0 Å². The molecule has 0 aliphatic rings. The van der Waals surface area contributed by atoms with Crippen LogP contribution in [0.5, 0.6) is 0 Å². The lowest BCUT2D eigenvalue weighted by Gasteiger charge is -2.19. The van der Waals surface area contributed by atoms with Crippen LogP contribution in [0.4, 0.5) is 0 Å². The molecule has 0 aliphatic carbocycles. The molecule has 1 heterocycles. The lowest BCUT2D eigenvalue weighted by molar-refractivity contribution is 0.591. The third kappa shape index (κ3) is 2.22. The molecular formula is C15H22N2. The van der Waals surface area contributed by atoms with E-state index in [1.54, 1.807) is 0 Å². The van der Waals surface area contributed by atoms with Gasteiger partial charge >= 0.3 is 0 Å². The summed E-state index contributed by atoms with van der Waals surface area (Å²) >= 11 is 0. The number of fused-ring (bicyclic) bond motifs is 1. The molecule has 92 valence electrons. The summed E-state index contributed by atoms with van der Waals surface area (Å²) in [7, 11) is 0. The zero-order chi connectivity index (χ0) is 12.6. The Morgan fingerprint density at radius 2 is 1.88 bits per heavy atom. The maximum Gasteiger partial charge on any atom is 0.0483 e. The van der Waals surface area contributed by atoms with Gasteiger partial charge in [0, 0.05) is 29.7 Å². The Morgan fingerprint density at radius 3 is 2.47 bits per heavy atom. The monoisotopic (exact) mass is 230 g/mol. The second-order valence-electron chi connectivity index (χ2n) is 5.75. The first-order chi connectivity index (χ1) is 7.93. The van der Waals surface area contributed by atoms with Crippen LogP contribution in [0.2, 0.25) is 0 Å². The molecule has 1 aromatic carbocycles. The van der Waals surface area contributed by atoms with Gasteiger partial charge in [-0.05, 0) is 36.1 Å². The van der Waals surface area contributed by atoms with Crippen LogP contribution in [0.15, 0.2) is 24.3 Å². The van der Waals surface area contributed by atoms with Gasteiger partial charge in [-0.3, -0.25) is 0 Å². The molecule has 17 heavy (non-hydrogen) atoms. The molecule has 2 aromatic rings. The molecule has 2 nitrogen and oxygen atoms in total. The van der Waals surface area contributed by atoms with Gasteiger partial charge in [0.05, 0.1) is 0 Å². The van der Waals surface area contributed by atoms with Gasteiger partial charge in [0.2, 0.25) is 0 Å². The van der Waals surface area contributed by atoms with Crippen LogP contribution < -0.4 is 5.73 Å². The molecule has 0 fully saturated rings. The Hall–Kier alpha value is -1.28. The summed E-state index contributed by atoms with van der Waals surface area (Å²) in [5.41, 5.74) is 9.83. The summed E-state index contributed by atoms with van der Waals surface area (Å²) in [5.74, 6) is 0. The van der Waals surface area contributed by atoms with Crippen LogP contribution in [0.3, 0.4) is 0 Å². The van der Waals surface area contributed by atoms with Crippen molar-refractivity contribution in [2.24, 2.45) is 5.73 Å². The van der Waals surface area contributed by atoms with E-state index in [9.17, 15) is 0 Å². The van der Waals surface area contributed by atoms with Crippen LogP contribution >= 0.6 is 0 Å². The van der Waals surface area contributed by atoms with Crippen molar-refractivity contribution < 1.29 is 0 Å². The Labute approximate surface area is 103 Å². The molecule has 1 aromatic heterocycles. The molecule has 0 unspecified atom stereocenters. The summed E-state index contributed by atoms with van der Waals surface area (Å²) in [6.07, 6.45) is 0. The van der Waals surface area contributed by atoms with Crippen molar-refractivity contribution in [3.8, 4) is 0 Å². The van der Waals surface area contributed by atoms with Crippen LogP contribution in [-0.4, -0.2) is 11.1 Å². The molecule has 0 bridgehead atoms. The van der Waals surface area contributed by atoms with Gasteiger partial charge in [-0.15, -0.1) is 0 Å². The van der Waals surface area contributed by atoms with Gasteiger partial charge in [0.15, 0.2) is 0 Å². The summed E-state index contributed by atoms with van der Waals surface area (Å²) in [6, 6.07) is 9.00. The van der Waals surface area contributed by atoms with Crippen molar-refractivity contribution in [1.29, 1.82) is 0 Å². The SMILES string of the molecule is Cc1cc2cc(C(C)(C)C)ccc2n1CCN. The Bertz CT molecular complexity index is 530. The number of aromatic nitrogens is 1. The molecule has 0 saturated heterocycles. The van der Waals surface area contributed by atoms with E-state index in [0.717, 1.165) is 6.54 Å². The van der Waals surface area contributed by atoms with E-state index in [0.29, 0.717) is 6.54 Å². The van der Waals surface area contributed by atoms with Gasteiger partial charge < -0.3 is 10.3 Å². The summed E-state index contributed by atoms with van der Waals surface area (Å²) < 4.78 is 2.29. The highest BCUT2D eigenvalue weighted by atomic mass is 15.0. The van der Waals surface area contributed by atoms with Crippen LogP contribution in [0.25, 0.3) is 10.9 Å². The topological polar surface area (TPSA) is 30.9 Å². The molecule has 0 atom stereocenters. The minimum Gasteiger partial charge on any atom is -0.344 e. The molecule has 0 amide bonds. The zero-order valence-electron chi connectivity index (χ0n) is 11.2. The van der Waals surface area contributed by atoms with Crippen LogP contribution in [-0.2, 0) is 12.0 Å². The van der Waals surface area contributed by atoms with Crippen molar-refractivity contribution in [2.75, 3.05) is 6.54 Å². The minimum atomic E-state index is 0.206. The first kappa shape index (κ1) is 12.2. The van der Waals surface area contributed by atoms with Gasteiger partial charge in [0.1, 0.15) is 0 Å². The first-order valence-corrected chi connectivity index (χ1v) is 6.24. The molecule has 0 spiro atoms. The molecule has 0 aliphatic heterocycles. The number of aryl methyl sites for hydroxylation is 1. The normalized spacial score (nSPS) is 12.3. The van der Waals surface area contributed by atoms with Crippen LogP contribution in [0, 0.1) is 6.92 Å². The maximum absolute atomic E-state index is 5.66. The molecule has 2 rings (SSSR count). The molecule has 0 radical (unpaired) electrons. The van der Waals surface area contributed by atoms with E-state index in [2.05, 4.69) is 56.5 Å². The second-order valence-corrected chi connectivity index (χ2v) is 5.75. The predicted octanol–water partition coefficient (Wildman–Crippen LogP) is 3.21.